The van der Waals surface area contributed by atoms with Gasteiger partial charge in [0.05, 0.1) is 5.75 Å². The molecule has 0 saturated heterocycles. The standard InChI is InChI=1S/C13H12O3S/c1-8-4-3-5-9-6-10(11(14)7-17-2)13(15)16-12(8)9/h3-6H,7H2,1-2H3. The number of aryl methyl sites for hydroxylation is 1. The van der Waals surface area contributed by atoms with E-state index in [1.807, 2.05) is 31.4 Å². The number of fused-ring (bicyclic) bond motifs is 1. The molecular weight excluding hydrogens is 236 g/mol. The fraction of sp³-hybridized carbons (Fsp3) is 0.231. The second-order valence-corrected chi connectivity index (χ2v) is 4.66. The van der Waals surface area contributed by atoms with Crippen molar-refractivity contribution in [2.75, 3.05) is 12.0 Å². The van der Waals surface area contributed by atoms with Gasteiger partial charge in [0, 0.05) is 5.39 Å². The Hall–Kier alpha value is -1.55. The Morgan fingerprint density at radius 3 is 2.88 bits per heavy atom. The van der Waals surface area contributed by atoms with Gasteiger partial charge in [0.15, 0.2) is 5.78 Å². The van der Waals surface area contributed by atoms with Crippen LogP contribution in [0, 0.1) is 6.92 Å². The minimum Gasteiger partial charge on any atom is -0.422 e. The van der Waals surface area contributed by atoms with E-state index in [1.54, 1.807) is 6.07 Å². The Balaban J connectivity index is 2.64. The number of carbonyl (C=O) groups is 1. The molecule has 0 radical (unpaired) electrons. The van der Waals surface area contributed by atoms with E-state index in [1.165, 1.54) is 11.8 Å². The summed E-state index contributed by atoms with van der Waals surface area (Å²) in [5.41, 5.74) is 1.03. The van der Waals surface area contributed by atoms with E-state index in [9.17, 15) is 9.59 Å². The number of hydrogen-bond donors (Lipinski definition) is 0. The zero-order chi connectivity index (χ0) is 12.4. The Kier molecular flexibility index (Phi) is 3.33. The van der Waals surface area contributed by atoms with Gasteiger partial charge in [-0.15, -0.1) is 0 Å². The van der Waals surface area contributed by atoms with E-state index in [4.69, 9.17) is 4.42 Å². The molecule has 0 fully saturated rings. The number of para-hydroxylation sites is 1. The summed E-state index contributed by atoms with van der Waals surface area (Å²) in [6, 6.07) is 7.20. The highest BCUT2D eigenvalue weighted by Gasteiger charge is 2.13. The Labute approximate surface area is 103 Å². The maximum atomic E-state index is 11.7. The maximum Gasteiger partial charge on any atom is 0.347 e. The van der Waals surface area contributed by atoms with Gasteiger partial charge in [-0.1, -0.05) is 18.2 Å². The van der Waals surface area contributed by atoms with Crippen molar-refractivity contribution < 1.29 is 9.21 Å². The third kappa shape index (κ3) is 2.26. The molecule has 0 amide bonds. The van der Waals surface area contributed by atoms with Crippen LogP contribution in [0.5, 0.6) is 0 Å². The number of carbonyl (C=O) groups excluding carboxylic acids is 1. The summed E-state index contributed by atoms with van der Waals surface area (Å²) in [4.78, 5) is 23.4. The summed E-state index contributed by atoms with van der Waals surface area (Å²) in [5, 5.41) is 0.786. The lowest BCUT2D eigenvalue weighted by Gasteiger charge is -2.02. The second kappa shape index (κ2) is 4.75. The van der Waals surface area contributed by atoms with Crippen LogP contribution in [0.25, 0.3) is 11.0 Å². The minimum absolute atomic E-state index is 0.137. The Bertz CT molecular complexity index is 628. The normalized spacial score (nSPS) is 10.7. The van der Waals surface area contributed by atoms with Crippen molar-refractivity contribution in [3.63, 3.8) is 0 Å². The summed E-state index contributed by atoms with van der Waals surface area (Å²) in [7, 11) is 0. The van der Waals surface area contributed by atoms with E-state index in [-0.39, 0.29) is 11.3 Å². The largest absolute Gasteiger partial charge is 0.422 e. The predicted octanol–water partition coefficient (Wildman–Crippen LogP) is 2.65. The van der Waals surface area contributed by atoms with E-state index in [2.05, 4.69) is 0 Å². The highest BCUT2D eigenvalue weighted by molar-refractivity contribution is 7.99. The number of Topliss-reactive ketones (excluding diaryl/α,β-unsaturated/α-hetero) is 1. The number of hydrogen-bond acceptors (Lipinski definition) is 4. The van der Waals surface area contributed by atoms with E-state index in [0.29, 0.717) is 11.3 Å². The van der Waals surface area contributed by atoms with Crippen molar-refractivity contribution in [1.82, 2.24) is 0 Å². The average molecular weight is 248 g/mol. The first-order chi connectivity index (χ1) is 8.13. The number of benzene rings is 1. The van der Waals surface area contributed by atoms with E-state index in [0.717, 1.165) is 10.9 Å². The lowest BCUT2D eigenvalue weighted by Crippen LogP contribution is -2.15. The Morgan fingerprint density at radius 1 is 1.41 bits per heavy atom. The van der Waals surface area contributed by atoms with Crippen LogP contribution in [0.4, 0.5) is 0 Å². The molecule has 0 atom stereocenters. The molecule has 1 heterocycles. The third-order valence-corrected chi connectivity index (χ3v) is 3.08. The SMILES string of the molecule is CSCC(=O)c1cc2cccc(C)c2oc1=O. The molecule has 0 unspecified atom stereocenters. The van der Waals surface area contributed by atoms with Gasteiger partial charge in [0.1, 0.15) is 11.1 Å². The molecule has 3 nitrogen and oxygen atoms in total. The van der Waals surface area contributed by atoms with Crippen LogP contribution >= 0.6 is 11.8 Å². The summed E-state index contributed by atoms with van der Waals surface area (Å²) >= 11 is 1.39. The minimum atomic E-state index is -0.550. The van der Waals surface area contributed by atoms with Crippen LogP contribution in [0.15, 0.2) is 33.5 Å². The molecule has 0 spiro atoms. The van der Waals surface area contributed by atoms with Crippen molar-refractivity contribution in [1.29, 1.82) is 0 Å². The molecule has 0 saturated carbocycles. The monoisotopic (exact) mass is 248 g/mol. The van der Waals surface area contributed by atoms with Crippen molar-refractivity contribution in [2.24, 2.45) is 0 Å². The molecule has 1 aromatic carbocycles. The molecule has 0 aliphatic carbocycles. The van der Waals surface area contributed by atoms with Crippen molar-refractivity contribution in [2.45, 2.75) is 6.92 Å². The quantitative estimate of drug-likeness (QED) is 0.619. The van der Waals surface area contributed by atoms with Gasteiger partial charge in [-0.05, 0) is 24.8 Å². The van der Waals surface area contributed by atoms with Crippen LogP contribution < -0.4 is 5.63 Å². The highest BCUT2D eigenvalue weighted by Crippen LogP contribution is 2.17. The van der Waals surface area contributed by atoms with E-state index < -0.39 is 5.63 Å². The fourth-order valence-corrected chi connectivity index (χ4v) is 2.11. The van der Waals surface area contributed by atoms with Gasteiger partial charge in [-0.25, -0.2) is 4.79 Å². The topological polar surface area (TPSA) is 47.3 Å². The van der Waals surface area contributed by atoms with Crippen molar-refractivity contribution >= 4 is 28.5 Å². The summed E-state index contributed by atoms with van der Waals surface area (Å²) in [5.74, 6) is 0.108. The van der Waals surface area contributed by atoms with Crippen LogP contribution in [-0.4, -0.2) is 17.8 Å². The summed E-state index contributed by atoms with van der Waals surface area (Å²) in [6.07, 6.45) is 1.82. The van der Waals surface area contributed by atoms with Gasteiger partial charge in [-0.2, -0.15) is 11.8 Å². The lowest BCUT2D eigenvalue weighted by molar-refractivity contribution is 0.101. The molecule has 0 bridgehead atoms. The van der Waals surface area contributed by atoms with Gasteiger partial charge in [0.2, 0.25) is 0 Å². The maximum absolute atomic E-state index is 11.7. The molecule has 88 valence electrons. The average Bonchev–Trinajstić information content (AvgIpc) is 2.30. The summed E-state index contributed by atoms with van der Waals surface area (Å²) in [6.45, 7) is 1.87. The van der Waals surface area contributed by atoms with Gasteiger partial charge in [-0.3, -0.25) is 4.79 Å². The fourth-order valence-electron chi connectivity index (χ4n) is 1.69. The van der Waals surface area contributed by atoms with Crippen LogP contribution in [0.1, 0.15) is 15.9 Å². The first kappa shape index (κ1) is 11.9. The van der Waals surface area contributed by atoms with Crippen LogP contribution in [0.2, 0.25) is 0 Å². The van der Waals surface area contributed by atoms with Crippen molar-refractivity contribution in [3.8, 4) is 0 Å². The lowest BCUT2D eigenvalue weighted by atomic mass is 10.1. The molecule has 2 rings (SSSR count). The molecule has 4 heteroatoms. The molecule has 0 aliphatic rings. The molecule has 0 aliphatic heterocycles. The summed E-state index contributed by atoms with van der Waals surface area (Å²) < 4.78 is 5.21. The number of rotatable bonds is 3. The smallest absolute Gasteiger partial charge is 0.347 e. The first-order valence-corrected chi connectivity index (χ1v) is 6.58. The molecule has 2 aromatic rings. The highest BCUT2D eigenvalue weighted by atomic mass is 32.2. The predicted molar refractivity (Wildman–Crippen MR) is 69.9 cm³/mol. The van der Waals surface area contributed by atoms with E-state index >= 15 is 0 Å². The van der Waals surface area contributed by atoms with Gasteiger partial charge in [0.25, 0.3) is 0 Å². The Morgan fingerprint density at radius 2 is 2.18 bits per heavy atom. The van der Waals surface area contributed by atoms with Crippen LogP contribution in [0.3, 0.4) is 0 Å². The molecule has 0 N–H and O–H groups in total. The van der Waals surface area contributed by atoms with Gasteiger partial charge >= 0.3 is 5.63 Å². The molecule has 17 heavy (non-hydrogen) atoms. The number of ketones is 1. The zero-order valence-corrected chi connectivity index (χ0v) is 10.5. The van der Waals surface area contributed by atoms with Gasteiger partial charge < -0.3 is 4.42 Å². The van der Waals surface area contributed by atoms with Crippen molar-refractivity contribution in [3.05, 3.63) is 45.8 Å². The number of thioether (sulfide) groups is 1. The van der Waals surface area contributed by atoms with Crippen LogP contribution in [-0.2, 0) is 0 Å². The third-order valence-electron chi connectivity index (χ3n) is 2.53. The zero-order valence-electron chi connectivity index (χ0n) is 9.65. The first-order valence-electron chi connectivity index (χ1n) is 5.19. The molecular formula is C13H12O3S. The second-order valence-electron chi connectivity index (χ2n) is 3.80. The molecule has 1 aromatic heterocycles.